The van der Waals surface area contributed by atoms with Crippen molar-refractivity contribution in [2.75, 3.05) is 26.0 Å². The molecular formula is C13H17N3O3. The summed E-state index contributed by atoms with van der Waals surface area (Å²) in [6.07, 6.45) is 0. The van der Waals surface area contributed by atoms with Gasteiger partial charge in [-0.1, -0.05) is 0 Å². The molecule has 0 unspecified atom stereocenters. The average molecular weight is 263 g/mol. The van der Waals surface area contributed by atoms with Gasteiger partial charge in [0.25, 0.3) is 5.91 Å². The molecule has 0 atom stereocenters. The van der Waals surface area contributed by atoms with E-state index in [4.69, 9.17) is 0 Å². The minimum Gasteiger partial charge on any atom is -0.342 e. The number of Topliss-reactive ketones (excluding diaryl/α,β-unsaturated/α-hetero) is 1. The molecule has 0 aromatic heterocycles. The zero-order valence-corrected chi connectivity index (χ0v) is 11.2. The van der Waals surface area contributed by atoms with Crippen molar-refractivity contribution in [2.45, 2.75) is 6.92 Å². The standard InChI is InChI=1S/C13H17N3O3/c1-4-14-13(19)15-10-7-5-9(6-8-10)11(17)12(18)16(2)3/h5-8H,4H2,1-3H3,(H2,14,15,19). The number of urea groups is 1. The minimum atomic E-state index is -0.579. The number of carbonyl (C=O) groups excluding carboxylic acids is 3. The SMILES string of the molecule is CCNC(=O)Nc1ccc(C(=O)C(=O)N(C)C)cc1. The Morgan fingerprint density at radius 1 is 1.11 bits per heavy atom. The molecule has 0 aliphatic carbocycles. The van der Waals surface area contributed by atoms with Crippen LogP contribution in [0, 0.1) is 0 Å². The lowest BCUT2D eigenvalue weighted by Crippen LogP contribution is -2.30. The number of hydrogen-bond donors (Lipinski definition) is 2. The Balaban J connectivity index is 2.74. The molecule has 2 N–H and O–H groups in total. The van der Waals surface area contributed by atoms with Crippen LogP contribution in [0.15, 0.2) is 24.3 Å². The van der Waals surface area contributed by atoms with Gasteiger partial charge in [0.15, 0.2) is 0 Å². The lowest BCUT2D eigenvalue weighted by molar-refractivity contribution is -0.124. The van der Waals surface area contributed by atoms with E-state index in [9.17, 15) is 14.4 Å². The Morgan fingerprint density at radius 2 is 1.68 bits per heavy atom. The van der Waals surface area contributed by atoms with E-state index in [2.05, 4.69) is 10.6 Å². The molecule has 0 aliphatic rings. The van der Waals surface area contributed by atoms with Crippen molar-refractivity contribution < 1.29 is 14.4 Å². The summed E-state index contributed by atoms with van der Waals surface area (Å²) in [7, 11) is 3.04. The Hall–Kier alpha value is -2.37. The summed E-state index contributed by atoms with van der Waals surface area (Å²) in [6.45, 7) is 2.34. The first kappa shape index (κ1) is 14.7. The number of anilines is 1. The fraction of sp³-hybridized carbons (Fsp3) is 0.308. The number of likely N-dealkylation sites (N-methyl/N-ethyl adjacent to an activating group) is 1. The third-order valence-electron chi connectivity index (χ3n) is 2.34. The quantitative estimate of drug-likeness (QED) is 0.630. The number of nitrogens with one attached hydrogen (secondary N) is 2. The Bertz CT molecular complexity index is 480. The molecule has 0 heterocycles. The smallest absolute Gasteiger partial charge is 0.319 e. The molecule has 0 radical (unpaired) electrons. The lowest BCUT2D eigenvalue weighted by atomic mass is 10.1. The molecule has 1 aromatic rings. The van der Waals surface area contributed by atoms with Crippen LogP contribution >= 0.6 is 0 Å². The molecule has 6 heteroatoms. The summed E-state index contributed by atoms with van der Waals surface area (Å²) in [5.41, 5.74) is 0.847. The molecule has 19 heavy (non-hydrogen) atoms. The average Bonchev–Trinajstić information content (AvgIpc) is 2.38. The highest BCUT2D eigenvalue weighted by molar-refractivity contribution is 6.42. The number of nitrogens with zero attached hydrogens (tertiary/aromatic N) is 1. The van der Waals surface area contributed by atoms with Crippen LogP contribution in [0.4, 0.5) is 10.5 Å². The van der Waals surface area contributed by atoms with Gasteiger partial charge in [-0.05, 0) is 31.2 Å². The van der Waals surface area contributed by atoms with Crippen LogP contribution in [0.3, 0.4) is 0 Å². The monoisotopic (exact) mass is 263 g/mol. The van der Waals surface area contributed by atoms with Gasteiger partial charge >= 0.3 is 6.03 Å². The number of amides is 3. The summed E-state index contributed by atoms with van der Waals surface area (Å²) in [5, 5.41) is 5.19. The predicted octanol–water partition coefficient (Wildman–Crippen LogP) is 1.10. The molecular weight excluding hydrogens is 246 g/mol. The first-order valence-corrected chi connectivity index (χ1v) is 5.86. The molecule has 0 spiro atoms. The van der Waals surface area contributed by atoms with Crippen molar-refractivity contribution in [3.8, 4) is 0 Å². The topological polar surface area (TPSA) is 78.5 Å². The van der Waals surface area contributed by atoms with Crippen molar-refractivity contribution in [1.29, 1.82) is 0 Å². The molecule has 3 amide bonds. The summed E-state index contributed by atoms with van der Waals surface area (Å²) in [5.74, 6) is -1.15. The van der Waals surface area contributed by atoms with E-state index in [0.29, 0.717) is 17.8 Å². The summed E-state index contributed by atoms with van der Waals surface area (Å²) in [6, 6.07) is 5.85. The van der Waals surface area contributed by atoms with Gasteiger partial charge in [-0.2, -0.15) is 0 Å². The van der Waals surface area contributed by atoms with E-state index in [1.54, 1.807) is 12.1 Å². The van der Waals surface area contributed by atoms with Gasteiger partial charge in [0.05, 0.1) is 0 Å². The van der Waals surface area contributed by atoms with Gasteiger partial charge in [-0.15, -0.1) is 0 Å². The normalized spacial score (nSPS) is 9.63. The second kappa shape index (κ2) is 6.53. The van der Waals surface area contributed by atoms with Gasteiger partial charge in [0.2, 0.25) is 5.78 Å². The lowest BCUT2D eigenvalue weighted by Gasteiger charge is -2.09. The third-order valence-corrected chi connectivity index (χ3v) is 2.34. The molecule has 0 aliphatic heterocycles. The Kier molecular flexibility index (Phi) is 5.05. The molecule has 0 fully saturated rings. The van der Waals surface area contributed by atoms with Crippen LogP contribution < -0.4 is 10.6 Å². The zero-order valence-electron chi connectivity index (χ0n) is 11.2. The number of ketones is 1. The van der Waals surface area contributed by atoms with Crippen molar-refractivity contribution in [2.24, 2.45) is 0 Å². The maximum Gasteiger partial charge on any atom is 0.319 e. The van der Waals surface area contributed by atoms with Crippen LogP contribution in [-0.2, 0) is 4.79 Å². The highest BCUT2D eigenvalue weighted by Crippen LogP contribution is 2.10. The fourth-order valence-electron chi connectivity index (χ4n) is 1.37. The van der Waals surface area contributed by atoms with E-state index in [0.717, 1.165) is 0 Å². The van der Waals surface area contributed by atoms with Crippen LogP contribution in [0.2, 0.25) is 0 Å². The molecule has 0 saturated heterocycles. The number of rotatable bonds is 4. The second-order valence-corrected chi connectivity index (χ2v) is 4.09. The van der Waals surface area contributed by atoms with E-state index >= 15 is 0 Å². The van der Waals surface area contributed by atoms with Gasteiger partial charge in [-0.3, -0.25) is 9.59 Å². The summed E-state index contributed by atoms with van der Waals surface area (Å²) in [4.78, 5) is 35.7. The van der Waals surface area contributed by atoms with Gasteiger partial charge < -0.3 is 15.5 Å². The molecule has 102 valence electrons. The third kappa shape index (κ3) is 4.09. The Morgan fingerprint density at radius 3 is 2.16 bits per heavy atom. The van der Waals surface area contributed by atoms with E-state index in [1.807, 2.05) is 6.92 Å². The molecule has 0 saturated carbocycles. The molecule has 0 bridgehead atoms. The maximum atomic E-state index is 11.7. The van der Waals surface area contributed by atoms with E-state index in [-0.39, 0.29) is 6.03 Å². The van der Waals surface area contributed by atoms with Crippen LogP contribution in [0.5, 0.6) is 0 Å². The molecule has 1 rings (SSSR count). The van der Waals surface area contributed by atoms with Gasteiger partial charge in [0, 0.05) is 31.9 Å². The zero-order chi connectivity index (χ0) is 14.4. The van der Waals surface area contributed by atoms with Crippen molar-refractivity contribution >= 4 is 23.4 Å². The number of benzene rings is 1. The highest BCUT2D eigenvalue weighted by atomic mass is 16.2. The maximum absolute atomic E-state index is 11.7. The Labute approximate surface area is 111 Å². The van der Waals surface area contributed by atoms with Gasteiger partial charge in [0.1, 0.15) is 0 Å². The van der Waals surface area contributed by atoms with E-state index in [1.165, 1.54) is 31.1 Å². The van der Waals surface area contributed by atoms with Crippen LogP contribution in [0.25, 0.3) is 0 Å². The first-order chi connectivity index (χ1) is 8.95. The van der Waals surface area contributed by atoms with Crippen LogP contribution in [0.1, 0.15) is 17.3 Å². The van der Waals surface area contributed by atoms with Crippen molar-refractivity contribution in [3.63, 3.8) is 0 Å². The van der Waals surface area contributed by atoms with Crippen molar-refractivity contribution in [1.82, 2.24) is 10.2 Å². The predicted molar refractivity (Wildman–Crippen MR) is 72.2 cm³/mol. The van der Waals surface area contributed by atoms with Crippen molar-refractivity contribution in [3.05, 3.63) is 29.8 Å². The minimum absolute atomic E-state index is 0.292. The van der Waals surface area contributed by atoms with E-state index < -0.39 is 11.7 Å². The summed E-state index contributed by atoms with van der Waals surface area (Å²) < 4.78 is 0. The highest BCUT2D eigenvalue weighted by Gasteiger charge is 2.17. The van der Waals surface area contributed by atoms with Crippen LogP contribution in [-0.4, -0.2) is 43.3 Å². The van der Waals surface area contributed by atoms with Gasteiger partial charge in [-0.25, -0.2) is 4.79 Å². The first-order valence-electron chi connectivity index (χ1n) is 5.86. The number of carbonyl (C=O) groups is 3. The summed E-state index contributed by atoms with van der Waals surface area (Å²) >= 11 is 0. The largest absolute Gasteiger partial charge is 0.342 e. The second-order valence-electron chi connectivity index (χ2n) is 4.09. The molecule has 6 nitrogen and oxygen atoms in total. The molecule has 1 aromatic carbocycles. The number of hydrogen-bond acceptors (Lipinski definition) is 3. The fourth-order valence-corrected chi connectivity index (χ4v) is 1.37.